The van der Waals surface area contributed by atoms with E-state index in [0.717, 1.165) is 10.4 Å². The molecule has 1 amide bonds. The number of thiophene rings is 1. The summed E-state index contributed by atoms with van der Waals surface area (Å²) in [6, 6.07) is 15.9. The average Bonchev–Trinajstić information content (AvgIpc) is 3.26. The number of methoxy groups -OCH3 is 1. The third-order valence-electron chi connectivity index (χ3n) is 4.84. The fourth-order valence-electron chi connectivity index (χ4n) is 3.23. The molecule has 0 unspecified atom stereocenters. The van der Waals surface area contributed by atoms with Gasteiger partial charge >= 0.3 is 0 Å². The maximum Gasteiger partial charge on any atom is 0.264 e. The van der Waals surface area contributed by atoms with Crippen molar-refractivity contribution in [3.63, 3.8) is 0 Å². The van der Waals surface area contributed by atoms with Gasteiger partial charge in [-0.25, -0.2) is 8.42 Å². The van der Waals surface area contributed by atoms with Crippen LogP contribution in [0.3, 0.4) is 0 Å². The van der Waals surface area contributed by atoms with Crippen LogP contribution in [0.1, 0.15) is 22.4 Å². The van der Waals surface area contributed by atoms with Gasteiger partial charge in [-0.2, -0.15) is 0 Å². The highest BCUT2D eigenvalue weighted by Gasteiger charge is 2.27. The molecular weight excluding hydrogens is 432 g/mol. The van der Waals surface area contributed by atoms with Crippen LogP contribution in [0.4, 0.5) is 5.69 Å². The zero-order valence-electron chi connectivity index (χ0n) is 17.8. The van der Waals surface area contributed by atoms with E-state index in [1.165, 1.54) is 4.31 Å². The highest BCUT2D eigenvalue weighted by molar-refractivity contribution is 7.92. The highest BCUT2D eigenvalue weighted by Crippen LogP contribution is 2.28. The summed E-state index contributed by atoms with van der Waals surface area (Å²) in [5.74, 6) is 0.420. The predicted octanol–water partition coefficient (Wildman–Crippen LogP) is 4.28. The molecule has 0 fully saturated rings. The number of nitrogens with one attached hydrogen (secondary N) is 1. The van der Waals surface area contributed by atoms with Gasteiger partial charge in [0, 0.05) is 17.8 Å². The van der Waals surface area contributed by atoms with Gasteiger partial charge in [0.1, 0.15) is 5.75 Å². The summed E-state index contributed by atoms with van der Waals surface area (Å²) < 4.78 is 33.6. The number of carbonyl (C=O) groups is 1. The lowest BCUT2D eigenvalue weighted by Gasteiger charge is -2.25. The normalized spacial score (nSPS) is 11.2. The van der Waals surface area contributed by atoms with Crippen LogP contribution in [0.5, 0.6) is 5.75 Å². The van der Waals surface area contributed by atoms with E-state index in [4.69, 9.17) is 4.74 Å². The van der Waals surface area contributed by atoms with Gasteiger partial charge in [0.2, 0.25) is 5.91 Å². The molecule has 0 bridgehead atoms. The summed E-state index contributed by atoms with van der Waals surface area (Å²) in [5.41, 5.74) is 2.13. The van der Waals surface area contributed by atoms with E-state index in [0.29, 0.717) is 23.5 Å². The third-order valence-corrected chi connectivity index (χ3v) is 7.70. The third kappa shape index (κ3) is 5.65. The molecule has 0 saturated heterocycles. The number of nitrogens with zero attached hydrogens (tertiary/aromatic N) is 1. The highest BCUT2D eigenvalue weighted by atomic mass is 32.2. The van der Waals surface area contributed by atoms with E-state index < -0.39 is 10.0 Å². The van der Waals surface area contributed by atoms with Crippen molar-refractivity contribution in [2.45, 2.75) is 31.7 Å². The number of amides is 1. The number of carbonyl (C=O) groups excluding carboxylic acids is 1. The molecule has 8 heteroatoms. The Morgan fingerprint density at radius 3 is 2.45 bits per heavy atom. The molecule has 0 aliphatic carbocycles. The SMILES string of the molecule is COc1ccc(N(CCC(=O)NCc2cccs2)S(=O)(=O)c2ccc(C)cc2C)cc1. The molecule has 0 aliphatic rings. The molecule has 31 heavy (non-hydrogen) atoms. The molecule has 0 radical (unpaired) electrons. The molecule has 1 heterocycles. The van der Waals surface area contributed by atoms with Gasteiger partial charge in [0.05, 0.1) is 24.2 Å². The molecule has 1 aromatic heterocycles. The summed E-state index contributed by atoms with van der Waals surface area (Å²) in [6.45, 7) is 4.16. The second-order valence-electron chi connectivity index (χ2n) is 7.15. The summed E-state index contributed by atoms with van der Waals surface area (Å²) in [6.07, 6.45) is 0.0432. The summed E-state index contributed by atoms with van der Waals surface area (Å²) in [4.78, 5) is 13.7. The Kier molecular flexibility index (Phi) is 7.35. The minimum atomic E-state index is -3.86. The monoisotopic (exact) mass is 458 g/mol. The molecule has 0 aliphatic heterocycles. The predicted molar refractivity (Wildman–Crippen MR) is 124 cm³/mol. The second-order valence-corrected chi connectivity index (χ2v) is 10.0. The van der Waals surface area contributed by atoms with Crippen LogP contribution < -0.4 is 14.4 Å². The minimum Gasteiger partial charge on any atom is -0.497 e. The number of sulfonamides is 1. The van der Waals surface area contributed by atoms with Crippen molar-refractivity contribution >= 4 is 33.0 Å². The van der Waals surface area contributed by atoms with Gasteiger partial charge in [-0.05, 0) is 61.2 Å². The minimum absolute atomic E-state index is 0.0260. The van der Waals surface area contributed by atoms with Crippen molar-refractivity contribution in [1.29, 1.82) is 0 Å². The Morgan fingerprint density at radius 1 is 1.10 bits per heavy atom. The molecule has 6 nitrogen and oxygen atoms in total. The summed E-state index contributed by atoms with van der Waals surface area (Å²) >= 11 is 1.56. The Bertz CT molecular complexity index is 1120. The van der Waals surface area contributed by atoms with Gasteiger partial charge < -0.3 is 10.1 Å². The number of anilines is 1. The number of hydrogen-bond donors (Lipinski definition) is 1. The first-order valence-electron chi connectivity index (χ1n) is 9.84. The topological polar surface area (TPSA) is 75.7 Å². The molecule has 3 aromatic rings. The van der Waals surface area contributed by atoms with Crippen molar-refractivity contribution in [2.75, 3.05) is 18.0 Å². The Morgan fingerprint density at radius 2 is 1.84 bits per heavy atom. The maximum atomic E-state index is 13.5. The summed E-state index contributed by atoms with van der Waals surface area (Å²) in [7, 11) is -2.31. The van der Waals surface area contributed by atoms with Crippen molar-refractivity contribution < 1.29 is 17.9 Å². The van der Waals surface area contributed by atoms with Gasteiger partial charge in [-0.1, -0.05) is 23.8 Å². The first-order chi connectivity index (χ1) is 14.8. The lowest BCUT2D eigenvalue weighted by molar-refractivity contribution is -0.121. The quantitative estimate of drug-likeness (QED) is 0.519. The van der Waals surface area contributed by atoms with Gasteiger partial charge in [0.25, 0.3) is 10.0 Å². The lowest BCUT2D eigenvalue weighted by Crippen LogP contribution is -2.35. The van der Waals surface area contributed by atoms with E-state index in [1.54, 1.807) is 61.8 Å². The smallest absolute Gasteiger partial charge is 0.264 e. The number of aryl methyl sites for hydroxylation is 2. The van der Waals surface area contributed by atoms with Crippen LogP contribution in [0, 0.1) is 13.8 Å². The van der Waals surface area contributed by atoms with E-state index in [9.17, 15) is 13.2 Å². The fourth-order valence-corrected chi connectivity index (χ4v) is 5.55. The van der Waals surface area contributed by atoms with Gasteiger partial charge in [-0.3, -0.25) is 9.10 Å². The van der Waals surface area contributed by atoms with Crippen LogP contribution in [0.15, 0.2) is 64.9 Å². The van der Waals surface area contributed by atoms with Crippen LogP contribution in [0.2, 0.25) is 0 Å². The van der Waals surface area contributed by atoms with Crippen molar-refractivity contribution in [3.05, 3.63) is 76.0 Å². The van der Waals surface area contributed by atoms with Crippen LogP contribution in [0.25, 0.3) is 0 Å². The molecule has 0 spiro atoms. The largest absolute Gasteiger partial charge is 0.497 e. The molecule has 1 N–H and O–H groups in total. The van der Waals surface area contributed by atoms with Crippen LogP contribution >= 0.6 is 11.3 Å². The standard InChI is InChI=1S/C23H26N2O4S2/c1-17-6-11-22(18(2)15-17)31(27,28)25(19-7-9-20(29-3)10-8-19)13-12-23(26)24-16-21-5-4-14-30-21/h4-11,14-15H,12-13,16H2,1-3H3,(H,24,26). The number of rotatable bonds is 9. The van der Waals surface area contributed by atoms with Crippen LogP contribution in [-0.2, 0) is 21.4 Å². The molecule has 0 atom stereocenters. The van der Waals surface area contributed by atoms with Crippen molar-refractivity contribution in [2.24, 2.45) is 0 Å². The lowest BCUT2D eigenvalue weighted by atomic mass is 10.2. The number of benzene rings is 2. The van der Waals surface area contributed by atoms with E-state index >= 15 is 0 Å². The zero-order chi connectivity index (χ0) is 22.4. The number of hydrogen-bond acceptors (Lipinski definition) is 5. The Balaban J connectivity index is 1.84. The summed E-state index contributed by atoms with van der Waals surface area (Å²) in [5, 5.41) is 4.80. The fraction of sp³-hybridized carbons (Fsp3) is 0.261. The number of ether oxygens (including phenoxy) is 1. The maximum absolute atomic E-state index is 13.5. The Hall–Kier alpha value is -2.84. The van der Waals surface area contributed by atoms with Gasteiger partial charge in [-0.15, -0.1) is 11.3 Å². The molecule has 2 aromatic carbocycles. The van der Waals surface area contributed by atoms with Crippen molar-refractivity contribution in [1.82, 2.24) is 5.32 Å². The molecular formula is C23H26N2O4S2. The molecule has 0 saturated carbocycles. The molecule has 164 valence electrons. The van der Waals surface area contributed by atoms with E-state index in [1.807, 2.05) is 30.5 Å². The van der Waals surface area contributed by atoms with E-state index in [2.05, 4.69) is 5.32 Å². The Labute approximate surface area is 187 Å². The van der Waals surface area contributed by atoms with E-state index in [-0.39, 0.29) is 23.8 Å². The second kappa shape index (κ2) is 9.98. The molecule has 3 rings (SSSR count). The van der Waals surface area contributed by atoms with Crippen LogP contribution in [-0.4, -0.2) is 28.0 Å². The van der Waals surface area contributed by atoms with Crippen molar-refractivity contribution in [3.8, 4) is 5.75 Å². The first-order valence-corrected chi connectivity index (χ1v) is 12.2. The zero-order valence-corrected chi connectivity index (χ0v) is 19.4. The first kappa shape index (κ1) is 22.8. The average molecular weight is 459 g/mol. The van der Waals surface area contributed by atoms with Gasteiger partial charge in [0.15, 0.2) is 0 Å².